The monoisotopic (exact) mass is 408 g/mol. The molecule has 156 valence electrons. The van der Waals surface area contributed by atoms with Gasteiger partial charge >= 0.3 is 0 Å². The van der Waals surface area contributed by atoms with Crippen molar-refractivity contribution in [2.45, 2.75) is 39.7 Å². The van der Waals surface area contributed by atoms with Crippen LogP contribution < -0.4 is 4.74 Å². The molecule has 4 rings (SSSR count). The van der Waals surface area contributed by atoms with Crippen molar-refractivity contribution in [1.82, 2.24) is 10.1 Å². The molecule has 30 heavy (non-hydrogen) atoms. The first kappa shape index (κ1) is 20.1. The van der Waals surface area contributed by atoms with Gasteiger partial charge in [-0.2, -0.15) is 0 Å². The number of fused-ring (bicyclic) bond motifs is 1. The lowest BCUT2D eigenvalue weighted by Crippen LogP contribution is -2.38. The molecule has 0 atom stereocenters. The fourth-order valence-electron chi connectivity index (χ4n) is 3.75. The number of ether oxygens (including phenoxy) is 1. The van der Waals surface area contributed by atoms with E-state index >= 15 is 0 Å². The predicted molar refractivity (Wildman–Crippen MR) is 112 cm³/mol. The van der Waals surface area contributed by atoms with Gasteiger partial charge in [0.2, 0.25) is 0 Å². The molecule has 2 heterocycles. The van der Waals surface area contributed by atoms with Crippen molar-refractivity contribution in [2.75, 3.05) is 13.2 Å². The van der Waals surface area contributed by atoms with Crippen LogP contribution in [0.25, 0.3) is 11.3 Å². The Bertz CT molecular complexity index is 1060. The summed E-state index contributed by atoms with van der Waals surface area (Å²) in [4.78, 5) is 14.5. The standard InChI is InChI=1S/C24H25FN2O3/c1-15(2)19-9-4-16(3)12-22(19)29-14-23(28)27-11-10-20-21(13-27)26-30-24(20)17-5-7-18(25)8-6-17/h4-9,12,15H,10-11,13-14H2,1-3H3. The summed E-state index contributed by atoms with van der Waals surface area (Å²) in [5.41, 5.74) is 4.70. The van der Waals surface area contributed by atoms with E-state index in [2.05, 4.69) is 31.1 Å². The van der Waals surface area contributed by atoms with Crippen LogP contribution in [0.1, 0.15) is 42.1 Å². The van der Waals surface area contributed by atoms with E-state index in [1.807, 2.05) is 13.0 Å². The number of carbonyl (C=O) groups is 1. The van der Waals surface area contributed by atoms with E-state index in [1.54, 1.807) is 17.0 Å². The topological polar surface area (TPSA) is 55.6 Å². The Balaban J connectivity index is 1.44. The number of hydrogen-bond acceptors (Lipinski definition) is 4. The molecule has 6 heteroatoms. The molecular formula is C24H25FN2O3. The summed E-state index contributed by atoms with van der Waals surface area (Å²) in [6.07, 6.45) is 0.638. The SMILES string of the molecule is Cc1ccc(C(C)C)c(OCC(=O)N2CCc3c(noc3-c3ccc(F)cc3)C2)c1. The number of rotatable bonds is 5. The zero-order chi connectivity index (χ0) is 21.3. The second-order valence-electron chi connectivity index (χ2n) is 7.99. The number of benzene rings is 2. The Labute approximate surface area is 175 Å². The second kappa shape index (κ2) is 8.30. The third kappa shape index (κ3) is 4.08. The smallest absolute Gasteiger partial charge is 0.260 e. The van der Waals surface area contributed by atoms with Gasteiger partial charge in [-0.3, -0.25) is 4.79 Å². The Morgan fingerprint density at radius 3 is 2.73 bits per heavy atom. The quantitative estimate of drug-likeness (QED) is 0.604. The van der Waals surface area contributed by atoms with E-state index in [-0.39, 0.29) is 18.3 Å². The second-order valence-corrected chi connectivity index (χ2v) is 7.99. The molecule has 1 amide bonds. The van der Waals surface area contributed by atoms with Gasteiger partial charge in [0.1, 0.15) is 17.3 Å². The Hall–Kier alpha value is -3.15. The molecule has 0 bridgehead atoms. The van der Waals surface area contributed by atoms with Gasteiger partial charge in [-0.1, -0.05) is 31.1 Å². The molecule has 0 N–H and O–H groups in total. The van der Waals surface area contributed by atoms with Crippen LogP contribution in [-0.4, -0.2) is 29.1 Å². The highest BCUT2D eigenvalue weighted by Gasteiger charge is 2.27. The highest BCUT2D eigenvalue weighted by atomic mass is 19.1. The van der Waals surface area contributed by atoms with Crippen LogP contribution >= 0.6 is 0 Å². The van der Waals surface area contributed by atoms with Crippen LogP contribution in [0.3, 0.4) is 0 Å². The molecule has 0 radical (unpaired) electrons. The molecule has 0 unspecified atom stereocenters. The summed E-state index contributed by atoms with van der Waals surface area (Å²) in [7, 11) is 0. The van der Waals surface area contributed by atoms with Crippen molar-refractivity contribution in [2.24, 2.45) is 0 Å². The van der Waals surface area contributed by atoms with Crippen LogP contribution in [-0.2, 0) is 17.8 Å². The number of hydrogen-bond donors (Lipinski definition) is 0. The van der Waals surface area contributed by atoms with Gasteiger partial charge in [0.25, 0.3) is 5.91 Å². The average molecular weight is 408 g/mol. The van der Waals surface area contributed by atoms with Crippen molar-refractivity contribution < 1.29 is 18.4 Å². The van der Waals surface area contributed by atoms with E-state index in [4.69, 9.17) is 9.26 Å². The zero-order valence-corrected chi connectivity index (χ0v) is 17.4. The number of halogens is 1. The minimum atomic E-state index is -0.293. The Kier molecular flexibility index (Phi) is 5.57. The van der Waals surface area contributed by atoms with E-state index in [9.17, 15) is 9.18 Å². The number of aromatic nitrogens is 1. The molecule has 3 aromatic rings. The number of amides is 1. The van der Waals surface area contributed by atoms with Crippen molar-refractivity contribution in [3.8, 4) is 17.1 Å². The first-order valence-corrected chi connectivity index (χ1v) is 10.2. The molecule has 0 aliphatic carbocycles. The molecule has 1 aliphatic heterocycles. The summed E-state index contributed by atoms with van der Waals surface area (Å²) >= 11 is 0. The molecule has 0 fully saturated rings. The lowest BCUT2D eigenvalue weighted by atomic mass is 10.0. The normalized spacial score (nSPS) is 13.4. The van der Waals surface area contributed by atoms with Crippen LogP contribution in [0.4, 0.5) is 4.39 Å². The molecular weight excluding hydrogens is 383 g/mol. The lowest BCUT2D eigenvalue weighted by molar-refractivity contribution is -0.134. The van der Waals surface area contributed by atoms with Crippen LogP contribution in [0.5, 0.6) is 5.75 Å². The third-order valence-corrected chi connectivity index (χ3v) is 5.44. The van der Waals surface area contributed by atoms with Crippen LogP contribution in [0, 0.1) is 12.7 Å². The minimum Gasteiger partial charge on any atom is -0.483 e. The number of nitrogens with zero attached hydrogens (tertiary/aromatic N) is 2. The van der Waals surface area contributed by atoms with Crippen LogP contribution in [0.15, 0.2) is 47.0 Å². The summed E-state index contributed by atoms with van der Waals surface area (Å²) < 4.78 is 24.6. The molecule has 0 saturated heterocycles. The van der Waals surface area contributed by atoms with E-state index < -0.39 is 0 Å². The first-order chi connectivity index (χ1) is 14.4. The maximum Gasteiger partial charge on any atom is 0.260 e. The fraction of sp³-hybridized carbons (Fsp3) is 0.333. The van der Waals surface area contributed by atoms with E-state index in [0.29, 0.717) is 31.2 Å². The minimum absolute atomic E-state index is 0.0127. The first-order valence-electron chi connectivity index (χ1n) is 10.2. The van der Waals surface area contributed by atoms with E-state index in [0.717, 1.165) is 33.7 Å². The van der Waals surface area contributed by atoms with Crippen LogP contribution in [0.2, 0.25) is 0 Å². The molecule has 5 nitrogen and oxygen atoms in total. The highest BCUT2D eigenvalue weighted by molar-refractivity contribution is 5.78. The largest absolute Gasteiger partial charge is 0.483 e. The van der Waals surface area contributed by atoms with Gasteiger partial charge in [-0.15, -0.1) is 0 Å². The Morgan fingerprint density at radius 2 is 2.00 bits per heavy atom. The van der Waals surface area contributed by atoms with Crippen molar-refractivity contribution >= 4 is 5.91 Å². The summed E-state index contributed by atoms with van der Waals surface area (Å²) in [6, 6.07) is 12.2. The fourth-order valence-corrected chi connectivity index (χ4v) is 3.75. The molecule has 1 aromatic heterocycles. The van der Waals surface area contributed by atoms with Gasteiger partial charge in [0.15, 0.2) is 12.4 Å². The average Bonchev–Trinajstić information content (AvgIpc) is 3.15. The maximum absolute atomic E-state index is 13.2. The maximum atomic E-state index is 13.2. The number of carbonyl (C=O) groups excluding carboxylic acids is 1. The summed E-state index contributed by atoms with van der Waals surface area (Å²) in [6.45, 7) is 7.15. The molecule has 0 spiro atoms. The van der Waals surface area contributed by atoms with E-state index in [1.165, 1.54) is 12.1 Å². The zero-order valence-electron chi connectivity index (χ0n) is 17.4. The van der Waals surface area contributed by atoms with Gasteiger partial charge in [0.05, 0.1) is 6.54 Å². The van der Waals surface area contributed by atoms with Crippen molar-refractivity contribution in [3.63, 3.8) is 0 Å². The van der Waals surface area contributed by atoms with Gasteiger partial charge in [0, 0.05) is 17.7 Å². The van der Waals surface area contributed by atoms with Gasteiger partial charge in [-0.05, 0) is 60.7 Å². The Morgan fingerprint density at radius 1 is 1.23 bits per heavy atom. The lowest BCUT2D eigenvalue weighted by Gasteiger charge is -2.26. The highest BCUT2D eigenvalue weighted by Crippen LogP contribution is 2.31. The number of aryl methyl sites for hydroxylation is 1. The summed E-state index contributed by atoms with van der Waals surface area (Å²) in [5, 5.41) is 4.15. The molecule has 0 saturated carbocycles. The van der Waals surface area contributed by atoms with Gasteiger partial charge < -0.3 is 14.2 Å². The molecule has 2 aromatic carbocycles. The predicted octanol–water partition coefficient (Wildman–Crippen LogP) is 4.88. The van der Waals surface area contributed by atoms with Crippen molar-refractivity contribution in [1.29, 1.82) is 0 Å². The summed E-state index contributed by atoms with van der Waals surface area (Å²) in [5.74, 6) is 1.35. The molecule has 1 aliphatic rings. The third-order valence-electron chi connectivity index (χ3n) is 5.44. The van der Waals surface area contributed by atoms with Gasteiger partial charge in [-0.25, -0.2) is 4.39 Å². The van der Waals surface area contributed by atoms with Crippen molar-refractivity contribution in [3.05, 3.63) is 70.7 Å².